The van der Waals surface area contributed by atoms with Crippen LogP contribution in [0, 0.1) is 13.8 Å². The summed E-state index contributed by atoms with van der Waals surface area (Å²) in [7, 11) is 0. The molecule has 0 aliphatic heterocycles. The Morgan fingerprint density at radius 3 is 2.48 bits per heavy atom. The molecule has 6 heteroatoms. The summed E-state index contributed by atoms with van der Waals surface area (Å²) in [4.78, 5) is 25.5. The second-order valence-corrected chi connectivity index (χ2v) is 7.11. The van der Waals surface area contributed by atoms with E-state index in [-0.39, 0.29) is 12.5 Å². The molecule has 2 aromatic heterocycles. The molecule has 0 aliphatic carbocycles. The molecular weight excluding hydrogens is 336 g/mol. The maximum atomic E-state index is 12.4. The molecule has 134 valence electrons. The summed E-state index contributed by atoms with van der Waals surface area (Å²) >= 11 is 1.40. The van der Waals surface area contributed by atoms with Gasteiger partial charge in [-0.25, -0.2) is 4.79 Å². The van der Waals surface area contributed by atoms with E-state index in [0.29, 0.717) is 17.2 Å². The molecule has 0 bridgehead atoms. The molecule has 0 fully saturated rings. The van der Waals surface area contributed by atoms with Crippen molar-refractivity contribution < 1.29 is 18.9 Å². The fourth-order valence-electron chi connectivity index (χ4n) is 2.54. The highest BCUT2D eigenvalue weighted by atomic mass is 32.1. The molecule has 0 aliphatic rings. The lowest BCUT2D eigenvalue weighted by Gasteiger charge is -2.06. The van der Waals surface area contributed by atoms with Gasteiger partial charge in [0.15, 0.2) is 12.4 Å². The van der Waals surface area contributed by atoms with Crippen LogP contribution in [0.5, 0.6) is 0 Å². The highest BCUT2D eigenvalue weighted by molar-refractivity contribution is 7.16. The number of thiophene rings is 1. The second kappa shape index (κ2) is 8.76. The SMILES string of the molecule is CCCc1cc[n+](CC(=O)Nc2sc(C)c(C)c2C(=O)OCC)cc1. The van der Waals surface area contributed by atoms with Gasteiger partial charge in [0.2, 0.25) is 6.54 Å². The molecule has 0 unspecified atom stereocenters. The minimum atomic E-state index is -0.392. The van der Waals surface area contributed by atoms with Gasteiger partial charge in [0.1, 0.15) is 5.00 Å². The minimum absolute atomic E-state index is 0.167. The van der Waals surface area contributed by atoms with E-state index in [9.17, 15) is 9.59 Å². The van der Waals surface area contributed by atoms with Gasteiger partial charge in [-0.1, -0.05) is 13.3 Å². The number of ether oxygens (including phenoxy) is 1. The Morgan fingerprint density at radius 2 is 1.88 bits per heavy atom. The monoisotopic (exact) mass is 361 g/mol. The third-order valence-electron chi connectivity index (χ3n) is 3.94. The normalized spacial score (nSPS) is 10.6. The first-order valence-corrected chi connectivity index (χ1v) is 9.32. The van der Waals surface area contributed by atoms with Gasteiger partial charge in [-0.05, 0) is 38.3 Å². The lowest BCUT2D eigenvalue weighted by molar-refractivity contribution is -0.684. The molecule has 2 heterocycles. The first kappa shape index (κ1) is 19.1. The molecule has 0 saturated heterocycles. The van der Waals surface area contributed by atoms with Crippen LogP contribution in [0.2, 0.25) is 0 Å². The minimum Gasteiger partial charge on any atom is -0.462 e. The van der Waals surface area contributed by atoms with Gasteiger partial charge in [0, 0.05) is 17.0 Å². The predicted molar refractivity (Wildman–Crippen MR) is 99.0 cm³/mol. The van der Waals surface area contributed by atoms with Crippen LogP contribution in [0.25, 0.3) is 0 Å². The molecule has 0 saturated carbocycles. The third-order valence-corrected chi connectivity index (χ3v) is 5.07. The topological polar surface area (TPSA) is 59.3 Å². The maximum Gasteiger partial charge on any atom is 0.341 e. The van der Waals surface area contributed by atoms with Crippen molar-refractivity contribution >= 4 is 28.2 Å². The summed E-state index contributed by atoms with van der Waals surface area (Å²) in [6.45, 7) is 8.21. The number of nitrogens with one attached hydrogen (secondary N) is 1. The molecule has 0 aromatic carbocycles. The fourth-order valence-corrected chi connectivity index (χ4v) is 3.61. The number of nitrogens with zero attached hydrogens (tertiary/aromatic N) is 1. The summed E-state index contributed by atoms with van der Waals surface area (Å²) in [6.07, 6.45) is 5.94. The Kier molecular flexibility index (Phi) is 6.70. The fraction of sp³-hybridized carbons (Fsp3) is 0.421. The Hall–Kier alpha value is -2.21. The molecule has 25 heavy (non-hydrogen) atoms. The molecule has 5 nitrogen and oxygen atoms in total. The van der Waals surface area contributed by atoms with Crippen LogP contribution in [0.15, 0.2) is 24.5 Å². The Labute approximate surface area is 152 Å². The molecule has 2 rings (SSSR count). The van der Waals surface area contributed by atoms with Crippen LogP contribution in [0.1, 0.15) is 46.6 Å². The smallest absolute Gasteiger partial charge is 0.341 e. The van der Waals surface area contributed by atoms with Crippen LogP contribution in [0.4, 0.5) is 5.00 Å². The average Bonchev–Trinajstić information content (AvgIpc) is 2.84. The van der Waals surface area contributed by atoms with Crippen molar-refractivity contribution in [3.8, 4) is 0 Å². The number of carbonyl (C=O) groups excluding carboxylic acids is 2. The van der Waals surface area contributed by atoms with Gasteiger partial charge in [-0.3, -0.25) is 4.79 Å². The van der Waals surface area contributed by atoms with E-state index in [4.69, 9.17) is 4.74 Å². The lowest BCUT2D eigenvalue weighted by atomic mass is 10.1. The lowest BCUT2D eigenvalue weighted by Crippen LogP contribution is -2.39. The zero-order valence-corrected chi connectivity index (χ0v) is 16.0. The van der Waals surface area contributed by atoms with E-state index in [1.165, 1.54) is 16.9 Å². The second-order valence-electron chi connectivity index (χ2n) is 5.88. The highest BCUT2D eigenvalue weighted by Gasteiger charge is 2.22. The Morgan fingerprint density at radius 1 is 1.20 bits per heavy atom. The van der Waals surface area contributed by atoms with Gasteiger partial charge in [0.25, 0.3) is 5.91 Å². The summed E-state index contributed by atoms with van der Waals surface area (Å²) < 4.78 is 6.94. The molecule has 1 amide bonds. The van der Waals surface area contributed by atoms with Crippen molar-refractivity contribution in [2.45, 2.75) is 47.1 Å². The summed E-state index contributed by atoms with van der Waals surface area (Å²) in [5.41, 5.74) is 2.57. The van der Waals surface area contributed by atoms with E-state index in [1.807, 2.05) is 42.9 Å². The zero-order valence-electron chi connectivity index (χ0n) is 15.2. The Balaban J connectivity index is 2.10. The molecule has 0 atom stereocenters. The van der Waals surface area contributed by atoms with E-state index >= 15 is 0 Å². The van der Waals surface area contributed by atoms with Crippen molar-refractivity contribution in [3.05, 3.63) is 46.1 Å². The first-order chi connectivity index (χ1) is 12.0. The Bertz CT molecular complexity index is 751. The van der Waals surface area contributed by atoms with Crippen molar-refractivity contribution in [3.63, 3.8) is 0 Å². The van der Waals surface area contributed by atoms with E-state index < -0.39 is 5.97 Å². The van der Waals surface area contributed by atoms with Gasteiger partial charge in [-0.2, -0.15) is 4.57 Å². The summed E-state index contributed by atoms with van der Waals surface area (Å²) in [6, 6.07) is 4.06. The zero-order chi connectivity index (χ0) is 18.4. The molecule has 0 spiro atoms. The van der Waals surface area contributed by atoms with E-state index in [2.05, 4.69) is 12.2 Å². The first-order valence-electron chi connectivity index (χ1n) is 8.51. The van der Waals surface area contributed by atoms with Crippen molar-refractivity contribution in [2.75, 3.05) is 11.9 Å². The van der Waals surface area contributed by atoms with Gasteiger partial charge in [0.05, 0.1) is 12.2 Å². The number of aromatic nitrogens is 1. The van der Waals surface area contributed by atoms with Crippen LogP contribution < -0.4 is 9.88 Å². The number of rotatable bonds is 7. The van der Waals surface area contributed by atoms with Gasteiger partial charge < -0.3 is 10.1 Å². The van der Waals surface area contributed by atoms with Crippen LogP contribution in [-0.2, 0) is 22.5 Å². The van der Waals surface area contributed by atoms with E-state index in [0.717, 1.165) is 23.3 Å². The van der Waals surface area contributed by atoms with Crippen molar-refractivity contribution in [1.29, 1.82) is 0 Å². The summed E-state index contributed by atoms with van der Waals surface area (Å²) in [5, 5.41) is 3.41. The molecule has 1 N–H and O–H groups in total. The number of pyridine rings is 1. The number of hydrogen-bond acceptors (Lipinski definition) is 4. The van der Waals surface area contributed by atoms with Crippen LogP contribution >= 0.6 is 11.3 Å². The number of amides is 1. The van der Waals surface area contributed by atoms with Gasteiger partial charge >= 0.3 is 5.97 Å². The number of anilines is 1. The van der Waals surface area contributed by atoms with Gasteiger partial charge in [-0.15, -0.1) is 11.3 Å². The third kappa shape index (κ3) is 4.89. The van der Waals surface area contributed by atoms with E-state index in [1.54, 1.807) is 6.92 Å². The standard InChI is InChI=1S/C19H24N2O3S/c1-5-7-15-8-10-21(11-9-15)12-16(22)20-18-17(19(23)24-6-2)13(3)14(4)25-18/h8-11H,5-7,12H2,1-4H3/p+1. The average molecular weight is 361 g/mol. The highest BCUT2D eigenvalue weighted by Crippen LogP contribution is 2.32. The summed E-state index contributed by atoms with van der Waals surface area (Å²) in [5.74, 6) is -0.559. The number of carbonyl (C=O) groups is 2. The van der Waals surface area contributed by atoms with Crippen LogP contribution in [-0.4, -0.2) is 18.5 Å². The van der Waals surface area contributed by atoms with Crippen molar-refractivity contribution in [2.24, 2.45) is 0 Å². The number of hydrogen-bond donors (Lipinski definition) is 1. The number of esters is 1. The molecule has 2 aromatic rings. The number of aryl methyl sites for hydroxylation is 2. The van der Waals surface area contributed by atoms with Crippen molar-refractivity contribution in [1.82, 2.24) is 0 Å². The maximum absolute atomic E-state index is 12.4. The molecular formula is C19H25N2O3S+. The molecule has 0 radical (unpaired) electrons. The largest absolute Gasteiger partial charge is 0.462 e. The quantitative estimate of drug-likeness (QED) is 0.607. The van der Waals surface area contributed by atoms with Crippen LogP contribution in [0.3, 0.4) is 0 Å². The predicted octanol–water partition coefficient (Wildman–Crippen LogP) is 3.42.